The van der Waals surface area contributed by atoms with Crippen molar-refractivity contribution in [3.63, 3.8) is 0 Å². The zero-order valence-electron chi connectivity index (χ0n) is 26.7. The van der Waals surface area contributed by atoms with Gasteiger partial charge in [0.1, 0.15) is 5.82 Å². The molecular formula is C40H36N4OPt. The molecule has 0 saturated carbocycles. The first-order chi connectivity index (χ1) is 21.9. The molecule has 0 atom stereocenters. The van der Waals surface area contributed by atoms with Gasteiger partial charge in [-0.1, -0.05) is 68.8 Å². The molecule has 0 unspecified atom stereocenters. The Morgan fingerprint density at radius 3 is 2.39 bits per heavy atom. The third-order valence-corrected chi connectivity index (χ3v) is 8.36. The Labute approximate surface area is 285 Å². The number of pyridine rings is 1. The Balaban J connectivity index is 0.00000372. The van der Waals surface area contributed by atoms with Crippen molar-refractivity contribution in [1.29, 1.82) is 0 Å². The third-order valence-electron chi connectivity index (χ3n) is 8.36. The first-order valence-corrected chi connectivity index (χ1v) is 15.7. The molecule has 0 aliphatic rings. The topological polar surface area (TPSA) is 44.9 Å². The monoisotopic (exact) mass is 783 g/mol. The molecule has 0 radical (unpaired) electrons. The van der Waals surface area contributed by atoms with Crippen LogP contribution >= 0.6 is 0 Å². The number of rotatable bonds is 8. The molecule has 0 aliphatic carbocycles. The molecule has 0 spiro atoms. The van der Waals surface area contributed by atoms with Crippen molar-refractivity contribution in [2.24, 2.45) is 5.92 Å². The molecule has 0 amide bonds. The summed E-state index contributed by atoms with van der Waals surface area (Å²) in [7, 11) is 0. The molecule has 3 aromatic heterocycles. The fourth-order valence-electron chi connectivity index (χ4n) is 6.31. The molecule has 232 valence electrons. The van der Waals surface area contributed by atoms with Gasteiger partial charge in [-0.25, -0.2) is 4.98 Å². The number of benzene rings is 4. The first kappa shape index (κ1) is 31.5. The van der Waals surface area contributed by atoms with Crippen molar-refractivity contribution in [1.82, 2.24) is 19.3 Å². The average molecular weight is 784 g/mol. The summed E-state index contributed by atoms with van der Waals surface area (Å²) in [6.07, 6.45) is 3.87. The standard InChI is InChI=1S/C40H36N4O.Pt/c1-6-29-19-20-41-39(23-29)43-37-18-15-30(21-26(2)3)22-36(37)35-17-16-34(25-38(35)43)45-33-14-10-13-32(24-33)44-28(5)40(27(4)42-44)31-11-8-7-9-12-31;/h7-20,22-23,26H,6,21H2,1-5H3;/q-2;+2. The summed E-state index contributed by atoms with van der Waals surface area (Å²) in [5, 5.41) is 7.19. The number of nitrogens with zero attached hydrogens (tertiary/aromatic N) is 4. The molecule has 3 heterocycles. The smallest absolute Gasteiger partial charge is 0.509 e. The van der Waals surface area contributed by atoms with Gasteiger partial charge in [0.25, 0.3) is 0 Å². The number of aryl methyl sites for hydroxylation is 2. The summed E-state index contributed by atoms with van der Waals surface area (Å²) < 4.78 is 10.6. The maximum Gasteiger partial charge on any atom is 2.00 e. The number of hydrogen-bond acceptors (Lipinski definition) is 3. The van der Waals surface area contributed by atoms with Crippen LogP contribution in [0.2, 0.25) is 0 Å². The minimum absolute atomic E-state index is 0. The molecule has 5 nitrogen and oxygen atoms in total. The number of aromatic nitrogens is 4. The predicted molar refractivity (Wildman–Crippen MR) is 183 cm³/mol. The van der Waals surface area contributed by atoms with E-state index in [0.29, 0.717) is 17.4 Å². The van der Waals surface area contributed by atoms with Crippen LogP contribution < -0.4 is 4.74 Å². The molecule has 0 saturated heterocycles. The van der Waals surface area contributed by atoms with E-state index >= 15 is 0 Å². The third kappa shape index (κ3) is 5.92. The molecule has 46 heavy (non-hydrogen) atoms. The van der Waals surface area contributed by atoms with Crippen LogP contribution in [0, 0.1) is 31.9 Å². The molecule has 7 rings (SSSR count). The Morgan fingerprint density at radius 2 is 1.61 bits per heavy atom. The summed E-state index contributed by atoms with van der Waals surface area (Å²) in [6, 6.07) is 38.5. The van der Waals surface area contributed by atoms with Gasteiger partial charge < -0.3 is 9.30 Å². The van der Waals surface area contributed by atoms with Crippen LogP contribution in [0.1, 0.15) is 43.3 Å². The minimum atomic E-state index is 0. The van der Waals surface area contributed by atoms with Gasteiger partial charge in [-0.15, -0.1) is 35.7 Å². The predicted octanol–water partition coefficient (Wildman–Crippen LogP) is 9.80. The fraction of sp³-hybridized carbons (Fsp3) is 0.200. The van der Waals surface area contributed by atoms with Crippen LogP contribution in [0.3, 0.4) is 0 Å². The van der Waals surface area contributed by atoms with Crippen LogP contribution in [0.25, 0.3) is 44.4 Å². The summed E-state index contributed by atoms with van der Waals surface area (Å²) >= 11 is 0. The zero-order chi connectivity index (χ0) is 31.1. The van der Waals surface area contributed by atoms with Gasteiger partial charge in [0.2, 0.25) is 0 Å². The molecule has 6 heteroatoms. The van der Waals surface area contributed by atoms with Gasteiger partial charge >= 0.3 is 21.1 Å². The molecule has 4 aromatic carbocycles. The molecule has 0 bridgehead atoms. The quantitative estimate of drug-likeness (QED) is 0.144. The van der Waals surface area contributed by atoms with Gasteiger partial charge in [-0.05, 0) is 78.6 Å². The molecule has 0 fully saturated rings. The van der Waals surface area contributed by atoms with E-state index in [0.717, 1.165) is 63.3 Å². The second-order valence-electron chi connectivity index (χ2n) is 12.1. The molecular weight excluding hydrogens is 748 g/mol. The largest absolute Gasteiger partial charge is 2.00 e. The average Bonchev–Trinajstić information content (AvgIpc) is 3.53. The SMILES string of the molecule is CCc1ccnc(-n2c3[c-]c(Oc4[c-]c(-n5nc(C)c(-c6ccccc6)c5C)ccc4)ccc3c3cc(CC(C)C)ccc32)c1.[Pt+2]. The van der Waals surface area contributed by atoms with Gasteiger partial charge in [0.15, 0.2) is 0 Å². The van der Waals surface area contributed by atoms with Crippen LogP contribution in [0.5, 0.6) is 11.5 Å². The van der Waals surface area contributed by atoms with E-state index in [1.165, 1.54) is 16.5 Å². The Kier molecular flexibility index (Phi) is 8.97. The summed E-state index contributed by atoms with van der Waals surface area (Å²) in [6.45, 7) is 10.8. The second kappa shape index (κ2) is 13.1. The van der Waals surface area contributed by atoms with Gasteiger partial charge in [0, 0.05) is 34.5 Å². The van der Waals surface area contributed by atoms with Gasteiger partial charge in [0.05, 0.1) is 5.69 Å². The van der Waals surface area contributed by atoms with Crippen LogP contribution in [0.4, 0.5) is 0 Å². The van der Waals surface area contributed by atoms with Crippen molar-refractivity contribution in [3.8, 4) is 34.1 Å². The van der Waals surface area contributed by atoms with E-state index in [-0.39, 0.29) is 21.1 Å². The van der Waals surface area contributed by atoms with Gasteiger partial charge in [-0.2, -0.15) is 17.2 Å². The van der Waals surface area contributed by atoms with Crippen molar-refractivity contribution >= 4 is 21.8 Å². The Bertz CT molecular complexity index is 2160. The van der Waals surface area contributed by atoms with E-state index in [4.69, 9.17) is 14.8 Å². The second-order valence-corrected chi connectivity index (χ2v) is 12.1. The number of hydrogen-bond donors (Lipinski definition) is 0. The minimum Gasteiger partial charge on any atom is -0.509 e. The first-order valence-electron chi connectivity index (χ1n) is 15.7. The van der Waals surface area contributed by atoms with E-state index in [1.54, 1.807) is 0 Å². The number of ether oxygens (including phenoxy) is 1. The van der Waals surface area contributed by atoms with Crippen LogP contribution in [-0.2, 0) is 33.9 Å². The van der Waals surface area contributed by atoms with Crippen LogP contribution in [0.15, 0.2) is 97.2 Å². The Hall–Kier alpha value is -4.47. The fourth-order valence-corrected chi connectivity index (χ4v) is 6.31. The van der Waals surface area contributed by atoms with Crippen molar-refractivity contribution < 1.29 is 25.8 Å². The van der Waals surface area contributed by atoms with E-state index < -0.39 is 0 Å². The van der Waals surface area contributed by atoms with E-state index in [9.17, 15) is 0 Å². The van der Waals surface area contributed by atoms with Gasteiger partial charge in [-0.3, -0.25) is 4.68 Å². The van der Waals surface area contributed by atoms with E-state index in [2.05, 4.69) is 105 Å². The molecule has 0 aliphatic heterocycles. The van der Waals surface area contributed by atoms with Crippen molar-refractivity contribution in [3.05, 3.63) is 132 Å². The van der Waals surface area contributed by atoms with E-state index in [1.807, 2.05) is 48.1 Å². The van der Waals surface area contributed by atoms with Crippen molar-refractivity contribution in [2.45, 2.75) is 47.5 Å². The maximum absolute atomic E-state index is 6.43. The molecule has 7 aromatic rings. The maximum atomic E-state index is 6.43. The number of fused-ring (bicyclic) bond motifs is 3. The van der Waals surface area contributed by atoms with Crippen LogP contribution in [-0.4, -0.2) is 19.3 Å². The zero-order valence-corrected chi connectivity index (χ0v) is 29.0. The molecule has 0 N–H and O–H groups in total. The Morgan fingerprint density at radius 1 is 0.804 bits per heavy atom. The summed E-state index contributed by atoms with van der Waals surface area (Å²) in [5.74, 6) is 2.68. The normalized spacial score (nSPS) is 11.3. The summed E-state index contributed by atoms with van der Waals surface area (Å²) in [4.78, 5) is 4.79. The summed E-state index contributed by atoms with van der Waals surface area (Å²) in [5.41, 5.74) is 9.77. The van der Waals surface area contributed by atoms with Crippen molar-refractivity contribution in [2.75, 3.05) is 0 Å².